The van der Waals surface area contributed by atoms with Crippen molar-refractivity contribution in [2.24, 2.45) is 0 Å². The standard InChI is InChI=1S/C25H21NO4/c1-3-29-20-10-7-17(8-11-20)23-15-22(27)21-12-9-19(14-24(21)30-23)26-25(28)18-6-4-5-16(2)13-18/h4-15H,3H2,1-2H3,(H,26,28). The molecule has 0 saturated heterocycles. The Hall–Kier alpha value is -3.86. The van der Waals surface area contributed by atoms with Crippen LogP contribution in [-0.2, 0) is 0 Å². The molecule has 0 fully saturated rings. The molecule has 0 radical (unpaired) electrons. The van der Waals surface area contributed by atoms with Crippen molar-refractivity contribution in [3.63, 3.8) is 0 Å². The van der Waals surface area contributed by atoms with Crippen LogP contribution in [0.15, 0.2) is 82.0 Å². The molecule has 0 unspecified atom stereocenters. The van der Waals surface area contributed by atoms with Crippen LogP contribution in [0.2, 0.25) is 0 Å². The van der Waals surface area contributed by atoms with E-state index in [1.165, 1.54) is 6.07 Å². The van der Waals surface area contributed by atoms with E-state index in [1.807, 2.05) is 56.3 Å². The zero-order chi connectivity index (χ0) is 21.1. The first-order valence-corrected chi connectivity index (χ1v) is 9.72. The Morgan fingerprint density at radius 1 is 1.00 bits per heavy atom. The second kappa shape index (κ2) is 8.25. The number of benzene rings is 3. The number of hydrogen-bond donors (Lipinski definition) is 1. The molecule has 0 aliphatic heterocycles. The van der Waals surface area contributed by atoms with Gasteiger partial charge in [0.1, 0.15) is 17.1 Å². The number of anilines is 1. The van der Waals surface area contributed by atoms with Crippen molar-refractivity contribution in [1.82, 2.24) is 0 Å². The number of carbonyl (C=O) groups is 1. The summed E-state index contributed by atoms with van der Waals surface area (Å²) in [5.41, 5.74) is 3.17. The summed E-state index contributed by atoms with van der Waals surface area (Å²) in [7, 11) is 0. The van der Waals surface area contributed by atoms with Gasteiger partial charge in [-0.25, -0.2) is 0 Å². The Balaban J connectivity index is 1.66. The summed E-state index contributed by atoms with van der Waals surface area (Å²) >= 11 is 0. The average molecular weight is 399 g/mol. The van der Waals surface area contributed by atoms with Gasteiger partial charge in [-0.3, -0.25) is 9.59 Å². The summed E-state index contributed by atoms with van der Waals surface area (Å²) < 4.78 is 11.4. The van der Waals surface area contributed by atoms with Crippen LogP contribution in [0.3, 0.4) is 0 Å². The zero-order valence-electron chi connectivity index (χ0n) is 16.8. The maximum Gasteiger partial charge on any atom is 0.255 e. The Kier molecular flexibility index (Phi) is 5.35. The molecule has 0 aliphatic rings. The molecule has 1 amide bonds. The topological polar surface area (TPSA) is 68.5 Å². The lowest BCUT2D eigenvalue weighted by molar-refractivity contribution is 0.102. The predicted octanol–water partition coefficient (Wildman–Crippen LogP) is 5.42. The van der Waals surface area contributed by atoms with Crippen molar-refractivity contribution in [3.05, 3.63) is 94.1 Å². The number of fused-ring (bicyclic) bond motifs is 1. The fraction of sp³-hybridized carbons (Fsp3) is 0.120. The molecule has 5 nitrogen and oxygen atoms in total. The quantitative estimate of drug-likeness (QED) is 0.487. The van der Waals surface area contributed by atoms with Crippen molar-refractivity contribution in [1.29, 1.82) is 0 Å². The first kappa shape index (κ1) is 19.5. The van der Waals surface area contributed by atoms with E-state index in [0.29, 0.717) is 34.6 Å². The van der Waals surface area contributed by atoms with E-state index < -0.39 is 0 Å². The third-order valence-corrected chi connectivity index (χ3v) is 4.72. The number of ether oxygens (including phenoxy) is 1. The number of hydrogen-bond acceptors (Lipinski definition) is 4. The first-order chi connectivity index (χ1) is 14.5. The Labute approximate surface area is 173 Å². The van der Waals surface area contributed by atoms with Gasteiger partial charge in [-0.15, -0.1) is 0 Å². The highest BCUT2D eigenvalue weighted by atomic mass is 16.5. The third kappa shape index (κ3) is 4.10. The molecule has 0 aliphatic carbocycles. The molecule has 3 aromatic carbocycles. The van der Waals surface area contributed by atoms with Crippen LogP contribution in [0.25, 0.3) is 22.3 Å². The highest BCUT2D eigenvalue weighted by Gasteiger charge is 2.11. The third-order valence-electron chi connectivity index (χ3n) is 4.72. The SMILES string of the molecule is CCOc1ccc(-c2cc(=O)c3ccc(NC(=O)c4cccc(C)c4)cc3o2)cc1. The van der Waals surface area contributed by atoms with E-state index in [-0.39, 0.29) is 11.3 Å². The highest BCUT2D eigenvalue weighted by molar-refractivity contribution is 6.05. The van der Waals surface area contributed by atoms with Gasteiger partial charge < -0.3 is 14.5 Å². The molecule has 150 valence electrons. The molecule has 0 saturated carbocycles. The highest BCUT2D eigenvalue weighted by Crippen LogP contribution is 2.26. The van der Waals surface area contributed by atoms with Gasteiger partial charge in [0.05, 0.1) is 12.0 Å². The molecule has 4 rings (SSSR count). The van der Waals surface area contributed by atoms with Crippen LogP contribution in [0.5, 0.6) is 5.75 Å². The second-order valence-corrected chi connectivity index (χ2v) is 6.97. The van der Waals surface area contributed by atoms with Crippen molar-refractivity contribution < 1.29 is 13.9 Å². The molecule has 1 N–H and O–H groups in total. The first-order valence-electron chi connectivity index (χ1n) is 9.72. The zero-order valence-corrected chi connectivity index (χ0v) is 16.8. The van der Waals surface area contributed by atoms with Gasteiger partial charge in [-0.05, 0) is 62.4 Å². The Bertz CT molecular complexity index is 1270. The van der Waals surface area contributed by atoms with E-state index in [4.69, 9.17) is 9.15 Å². The average Bonchev–Trinajstić information content (AvgIpc) is 2.74. The summed E-state index contributed by atoms with van der Waals surface area (Å²) in [5.74, 6) is 0.992. The number of aryl methyl sites for hydroxylation is 1. The molecular weight excluding hydrogens is 378 g/mol. The summed E-state index contributed by atoms with van der Waals surface area (Å²) in [5, 5.41) is 3.32. The lowest BCUT2D eigenvalue weighted by Gasteiger charge is -2.08. The monoisotopic (exact) mass is 399 g/mol. The summed E-state index contributed by atoms with van der Waals surface area (Å²) in [6.45, 7) is 4.44. The maximum atomic E-state index is 12.6. The number of nitrogens with one attached hydrogen (secondary N) is 1. The van der Waals surface area contributed by atoms with Crippen LogP contribution < -0.4 is 15.5 Å². The van der Waals surface area contributed by atoms with Crippen LogP contribution in [0, 0.1) is 6.92 Å². The van der Waals surface area contributed by atoms with E-state index in [0.717, 1.165) is 16.9 Å². The van der Waals surface area contributed by atoms with E-state index in [9.17, 15) is 9.59 Å². The molecule has 0 spiro atoms. The summed E-state index contributed by atoms with van der Waals surface area (Å²) in [4.78, 5) is 25.1. The lowest BCUT2D eigenvalue weighted by Crippen LogP contribution is -2.12. The van der Waals surface area contributed by atoms with Gasteiger partial charge >= 0.3 is 0 Å². The number of amides is 1. The normalized spacial score (nSPS) is 10.7. The van der Waals surface area contributed by atoms with Gasteiger partial charge in [-0.1, -0.05) is 17.7 Å². The maximum absolute atomic E-state index is 12.6. The van der Waals surface area contributed by atoms with E-state index in [2.05, 4.69) is 5.32 Å². The van der Waals surface area contributed by atoms with Crippen LogP contribution in [0.1, 0.15) is 22.8 Å². The van der Waals surface area contributed by atoms with Crippen molar-refractivity contribution in [2.45, 2.75) is 13.8 Å². The van der Waals surface area contributed by atoms with Crippen molar-refractivity contribution in [3.8, 4) is 17.1 Å². The van der Waals surface area contributed by atoms with E-state index in [1.54, 1.807) is 24.3 Å². The molecule has 30 heavy (non-hydrogen) atoms. The van der Waals surface area contributed by atoms with Gasteiger partial charge in [0, 0.05) is 28.9 Å². The predicted molar refractivity (Wildman–Crippen MR) is 118 cm³/mol. The van der Waals surface area contributed by atoms with Gasteiger partial charge in [-0.2, -0.15) is 0 Å². The van der Waals surface area contributed by atoms with E-state index >= 15 is 0 Å². The van der Waals surface area contributed by atoms with Crippen LogP contribution in [-0.4, -0.2) is 12.5 Å². The van der Waals surface area contributed by atoms with Crippen LogP contribution in [0.4, 0.5) is 5.69 Å². The number of rotatable bonds is 5. The second-order valence-electron chi connectivity index (χ2n) is 6.97. The lowest BCUT2D eigenvalue weighted by atomic mass is 10.1. The smallest absolute Gasteiger partial charge is 0.255 e. The van der Waals surface area contributed by atoms with Gasteiger partial charge in [0.25, 0.3) is 5.91 Å². The van der Waals surface area contributed by atoms with Crippen LogP contribution >= 0.6 is 0 Å². The molecule has 4 aromatic rings. The Morgan fingerprint density at radius 3 is 2.53 bits per heavy atom. The molecular formula is C25H21NO4. The summed E-state index contributed by atoms with van der Waals surface area (Å²) in [6, 6.07) is 21.2. The van der Waals surface area contributed by atoms with Gasteiger partial charge in [0.15, 0.2) is 5.43 Å². The molecule has 1 heterocycles. The number of carbonyl (C=O) groups excluding carboxylic acids is 1. The molecule has 1 aromatic heterocycles. The minimum absolute atomic E-state index is 0.142. The minimum Gasteiger partial charge on any atom is -0.494 e. The van der Waals surface area contributed by atoms with Crippen molar-refractivity contribution in [2.75, 3.05) is 11.9 Å². The molecule has 0 atom stereocenters. The minimum atomic E-state index is -0.219. The molecule has 0 bridgehead atoms. The molecule has 5 heteroatoms. The summed E-state index contributed by atoms with van der Waals surface area (Å²) in [6.07, 6.45) is 0. The van der Waals surface area contributed by atoms with Crippen molar-refractivity contribution >= 4 is 22.6 Å². The largest absolute Gasteiger partial charge is 0.494 e. The Morgan fingerprint density at radius 2 is 1.80 bits per heavy atom. The fourth-order valence-corrected chi connectivity index (χ4v) is 3.25. The van der Waals surface area contributed by atoms with Gasteiger partial charge in [0.2, 0.25) is 0 Å². The fourth-order valence-electron chi connectivity index (χ4n) is 3.25.